The van der Waals surface area contributed by atoms with Crippen molar-refractivity contribution in [1.29, 1.82) is 0 Å². The highest BCUT2D eigenvalue weighted by Gasteiger charge is 2.38. The minimum atomic E-state index is -3.98. The third-order valence-electron chi connectivity index (χ3n) is 4.78. The van der Waals surface area contributed by atoms with Crippen LogP contribution in [0.1, 0.15) is 11.1 Å². The van der Waals surface area contributed by atoms with Gasteiger partial charge >= 0.3 is 0 Å². The van der Waals surface area contributed by atoms with Gasteiger partial charge < -0.3 is 0 Å². The number of sulfonamides is 2. The van der Waals surface area contributed by atoms with Crippen LogP contribution in [0.5, 0.6) is 0 Å². The molecule has 2 atom stereocenters. The van der Waals surface area contributed by atoms with Gasteiger partial charge in [-0.05, 0) is 24.3 Å². The van der Waals surface area contributed by atoms with Crippen molar-refractivity contribution in [1.82, 2.24) is 0 Å². The Morgan fingerprint density at radius 2 is 0.844 bits per heavy atom. The summed E-state index contributed by atoms with van der Waals surface area (Å²) in [4.78, 5) is -1.13. The monoisotopic (exact) mass is 594 g/mol. The lowest BCUT2D eigenvalue weighted by Crippen LogP contribution is -2.39. The number of nitrogens with zero attached hydrogens (tertiary/aromatic N) is 2. The van der Waals surface area contributed by atoms with Gasteiger partial charge in [-0.3, -0.25) is 0 Å². The maximum atomic E-state index is 12.9. The zero-order valence-electron chi connectivity index (χ0n) is 16.3. The normalized spacial score (nSPS) is 21.4. The highest BCUT2D eigenvalue weighted by atomic mass is 79.9. The van der Waals surface area contributed by atoms with Crippen molar-refractivity contribution in [2.45, 2.75) is 19.4 Å². The molecule has 1 aliphatic rings. The lowest BCUT2D eigenvalue weighted by molar-refractivity contribution is 0.596. The molecule has 0 saturated carbocycles. The van der Waals surface area contributed by atoms with Crippen LogP contribution in [0.25, 0.3) is 0 Å². The van der Waals surface area contributed by atoms with Crippen LogP contribution in [0.3, 0.4) is 0 Å². The van der Waals surface area contributed by atoms with Gasteiger partial charge in [-0.15, -0.1) is 0 Å². The molecule has 10 heteroatoms. The number of hydrogen-bond donors (Lipinski definition) is 0. The highest BCUT2D eigenvalue weighted by Crippen LogP contribution is 2.34. The molecule has 3 aromatic carbocycles. The van der Waals surface area contributed by atoms with E-state index >= 15 is 0 Å². The van der Waals surface area contributed by atoms with Gasteiger partial charge in [-0.25, -0.2) is 0 Å². The van der Waals surface area contributed by atoms with Crippen molar-refractivity contribution in [2.24, 2.45) is 8.80 Å². The second kappa shape index (κ2) is 9.01. The molecule has 1 aliphatic carbocycles. The van der Waals surface area contributed by atoms with Crippen LogP contribution in [0.15, 0.2) is 104 Å². The molecule has 6 nitrogen and oxygen atoms in total. The first-order valence-electron chi connectivity index (χ1n) is 9.38. The molecular weight excluding hydrogens is 580 g/mol. The molecule has 0 bridgehead atoms. The summed E-state index contributed by atoms with van der Waals surface area (Å²) in [5.74, 6) is 0. The van der Waals surface area contributed by atoms with Crippen molar-refractivity contribution in [2.75, 3.05) is 0 Å². The molecule has 0 aromatic heterocycles. The van der Waals surface area contributed by atoms with E-state index in [4.69, 9.17) is 0 Å². The zero-order valence-corrected chi connectivity index (χ0v) is 21.1. The van der Waals surface area contributed by atoms with E-state index < -0.39 is 29.7 Å². The van der Waals surface area contributed by atoms with Crippen LogP contribution in [0.2, 0.25) is 0 Å². The van der Waals surface area contributed by atoms with Crippen molar-refractivity contribution >= 4 is 63.3 Å². The quantitative estimate of drug-likeness (QED) is 0.413. The summed E-state index contributed by atoms with van der Waals surface area (Å²) in [5.41, 5.74) is 1.52. The fourth-order valence-electron chi connectivity index (χ4n) is 3.25. The van der Waals surface area contributed by atoms with Crippen LogP contribution < -0.4 is 0 Å². The van der Waals surface area contributed by atoms with Gasteiger partial charge in [0, 0.05) is 11.1 Å². The van der Waals surface area contributed by atoms with Gasteiger partial charge in [0.2, 0.25) is 0 Å². The standard InChI is InChI=1S/C22H16Br2N2O4S2/c23-19-20(24)22(26-32(29,30)16-11-5-2-6-12-16)18-14-8-7-13-17(18)21(19)25-31(27,28)15-9-3-1-4-10-15/h1-14,19-20H/t19-,20+. The summed E-state index contributed by atoms with van der Waals surface area (Å²) in [6, 6.07) is 22.7. The highest BCUT2D eigenvalue weighted by molar-refractivity contribution is 9.12. The largest absolute Gasteiger partial charge is 0.282 e. The van der Waals surface area contributed by atoms with E-state index in [-0.39, 0.29) is 21.2 Å². The summed E-state index contributed by atoms with van der Waals surface area (Å²) in [6.45, 7) is 0. The number of hydrogen-bond acceptors (Lipinski definition) is 4. The lowest BCUT2D eigenvalue weighted by atomic mass is 9.88. The predicted octanol–water partition coefficient (Wildman–Crippen LogP) is 4.58. The molecule has 0 fully saturated rings. The predicted molar refractivity (Wildman–Crippen MR) is 132 cm³/mol. The van der Waals surface area contributed by atoms with E-state index in [1.54, 1.807) is 60.7 Å². The molecule has 0 heterocycles. The van der Waals surface area contributed by atoms with E-state index in [1.165, 1.54) is 24.3 Å². The minimum absolute atomic E-state index is 0.0712. The van der Waals surface area contributed by atoms with Crippen molar-refractivity contribution in [3.8, 4) is 0 Å². The van der Waals surface area contributed by atoms with Crippen molar-refractivity contribution in [3.05, 3.63) is 96.1 Å². The molecule has 0 unspecified atom stereocenters. The first-order valence-corrected chi connectivity index (χ1v) is 14.1. The first-order chi connectivity index (χ1) is 15.2. The second-order valence-electron chi connectivity index (χ2n) is 6.88. The van der Waals surface area contributed by atoms with Crippen LogP contribution in [0.4, 0.5) is 0 Å². The fraction of sp³-hybridized carbons (Fsp3) is 0.0909. The van der Waals surface area contributed by atoms with Gasteiger partial charge in [-0.2, -0.15) is 25.6 Å². The summed E-state index contributed by atoms with van der Waals surface area (Å²) in [5, 5.41) is 0. The van der Waals surface area contributed by atoms with E-state index in [1.807, 2.05) is 0 Å². The van der Waals surface area contributed by atoms with Crippen molar-refractivity contribution in [3.63, 3.8) is 0 Å². The summed E-state index contributed by atoms with van der Waals surface area (Å²) in [6.07, 6.45) is 0. The number of rotatable bonds is 4. The van der Waals surface area contributed by atoms with E-state index in [0.29, 0.717) is 11.1 Å². The number of alkyl halides is 2. The molecule has 0 N–H and O–H groups in total. The molecule has 0 aliphatic heterocycles. The van der Waals surface area contributed by atoms with E-state index in [0.717, 1.165) is 0 Å². The van der Waals surface area contributed by atoms with E-state index in [2.05, 4.69) is 40.7 Å². The molecule has 0 radical (unpaired) electrons. The van der Waals surface area contributed by atoms with Crippen LogP contribution in [0, 0.1) is 0 Å². The molecule has 4 rings (SSSR count). The summed E-state index contributed by atoms with van der Waals surface area (Å²) < 4.78 is 59.8. The Morgan fingerprint density at radius 1 is 0.531 bits per heavy atom. The third-order valence-corrected chi connectivity index (χ3v) is 10.0. The Kier molecular flexibility index (Phi) is 6.49. The number of halogens is 2. The smallest absolute Gasteiger partial charge is 0.199 e. The van der Waals surface area contributed by atoms with Crippen LogP contribution in [-0.4, -0.2) is 37.9 Å². The Hall–Kier alpha value is -2.14. The van der Waals surface area contributed by atoms with Crippen molar-refractivity contribution < 1.29 is 16.8 Å². The summed E-state index contributed by atoms with van der Waals surface area (Å²) >= 11 is 7.00. The number of benzene rings is 3. The van der Waals surface area contributed by atoms with Gasteiger partial charge in [0.05, 0.1) is 30.9 Å². The molecule has 0 amide bonds. The van der Waals surface area contributed by atoms with Gasteiger partial charge in [0.1, 0.15) is 0 Å². The maximum Gasteiger partial charge on any atom is 0.282 e. The SMILES string of the molecule is O=S(=O)(N=C1c2ccccc2C(=NS(=O)(=O)c2ccccc2)[C@H](Br)[C@@H]1Br)c1ccccc1. The molecule has 164 valence electrons. The van der Waals surface area contributed by atoms with Gasteiger partial charge in [0.15, 0.2) is 0 Å². The minimum Gasteiger partial charge on any atom is -0.199 e. The van der Waals surface area contributed by atoms with E-state index in [9.17, 15) is 16.8 Å². The van der Waals surface area contributed by atoms with Gasteiger partial charge in [0.25, 0.3) is 20.0 Å². The fourth-order valence-corrected chi connectivity index (χ4v) is 6.88. The molecule has 32 heavy (non-hydrogen) atoms. The maximum absolute atomic E-state index is 12.9. The average Bonchev–Trinajstić information content (AvgIpc) is 2.81. The molecular formula is C22H16Br2N2O4S2. The Bertz CT molecular complexity index is 1310. The van der Waals surface area contributed by atoms with Gasteiger partial charge in [-0.1, -0.05) is 92.5 Å². The second-order valence-corrected chi connectivity index (χ2v) is 12.1. The molecule has 3 aromatic rings. The zero-order chi connectivity index (χ0) is 22.9. The van der Waals surface area contributed by atoms with Crippen LogP contribution in [-0.2, 0) is 20.0 Å². The topological polar surface area (TPSA) is 93.0 Å². The summed E-state index contributed by atoms with van der Waals surface area (Å²) in [7, 11) is -7.95. The Balaban J connectivity index is 1.88. The first kappa shape index (κ1) is 23.0. The molecule has 0 spiro atoms. The average molecular weight is 596 g/mol. The molecule has 0 saturated heterocycles. The number of fused-ring (bicyclic) bond motifs is 1. The lowest BCUT2D eigenvalue weighted by Gasteiger charge is -2.28. The third kappa shape index (κ3) is 4.50. The van der Waals surface area contributed by atoms with Crippen LogP contribution >= 0.6 is 31.9 Å². The Morgan fingerprint density at radius 3 is 1.19 bits per heavy atom. The Labute approximate surface area is 203 Å².